The highest BCUT2D eigenvalue weighted by atomic mass is 16.1. The first-order chi connectivity index (χ1) is 6.72. The lowest BCUT2D eigenvalue weighted by molar-refractivity contribution is -0.118. The number of hydrogen-bond acceptors (Lipinski definition) is 2. The molecule has 74 valence electrons. The standard InChI is InChI=1S/C12H15NO/c1-2-4-12(14)8-7-10-5-3-6-11(13)9-10/h2-3,5-6,9H,1,4,7-8,13H2. The molecule has 1 aromatic carbocycles. The number of carbonyl (C=O) groups excluding carboxylic acids is 1. The largest absolute Gasteiger partial charge is 0.399 e. The zero-order valence-electron chi connectivity index (χ0n) is 8.20. The van der Waals surface area contributed by atoms with E-state index in [0.717, 1.165) is 17.7 Å². The van der Waals surface area contributed by atoms with Gasteiger partial charge in [-0.25, -0.2) is 0 Å². The minimum Gasteiger partial charge on any atom is -0.399 e. The Labute approximate surface area is 84.4 Å². The van der Waals surface area contributed by atoms with Gasteiger partial charge in [-0.3, -0.25) is 4.79 Å². The molecule has 14 heavy (non-hydrogen) atoms. The van der Waals surface area contributed by atoms with Gasteiger partial charge in [0.25, 0.3) is 0 Å². The molecule has 2 heteroatoms. The zero-order chi connectivity index (χ0) is 10.4. The number of nitrogen functional groups attached to an aromatic ring is 1. The van der Waals surface area contributed by atoms with Crippen LogP contribution in [0.3, 0.4) is 0 Å². The van der Waals surface area contributed by atoms with E-state index in [4.69, 9.17) is 5.73 Å². The van der Waals surface area contributed by atoms with Crippen LogP contribution < -0.4 is 5.73 Å². The van der Waals surface area contributed by atoms with Crippen molar-refractivity contribution in [1.29, 1.82) is 0 Å². The molecule has 0 saturated carbocycles. The third-order valence-corrected chi connectivity index (χ3v) is 2.02. The van der Waals surface area contributed by atoms with Crippen molar-refractivity contribution in [2.75, 3.05) is 5.73 Å². The van der Waals surface area contributed by atoms with Crippen LogP contribution in [-0.2, 0) is 11.2 Å². The van der Waals surface area contributed by atoms with Crippen LogP contribution in [-0.4, -0.2) is 5.78 Å². The molecule has 1 aromatic rings. The van der Waals surface area contributed by atoms with Crippen molar-refractivity contribution < 1.29 is 4.79 Å². The molecule has 1 rings (SSSR count). The van der Waals surface area contributed by atoms with Crippen molar-refractivity contribution in [3.63, 3.8) is 0 Å². The first kappa shape index (κ1) is 10.5. The molecule has 0 aromatic heterocycles. The van der Waals surface area contributed by atoms with Crippen LogP contribution >= 0.6 is 0 Å². The van der Waals surface area contributed by atoms with Gasteiger partial charge in [0, 0.05) is 18.5 Å². The van der Waals surface area contributed by atoms with Crippen LogP contribution in [0.4, 0.5) is 5.69 Å². The molecule has 0 aliphatic carbocycles. The summed E-state index contributed by atoms with van der Waals surface area (Å²) >= 11 is 0. The molecule has 0 spiro atoms. The Morgan fingerprint density at radius 2 is 2.29 bits per heavy atom. The van der Waals surface area contributed by atoms with E-state index in [1.54, 1.807) is 6.08 Å². The Kier molecular flexibility index (Phi) is 3.92. The maximum absolute atomic E-state index is 11.2. The molecule has 0 aliphatic rings. The highest BCUT2D eigenvalue weighted by Gasteiger charge is 2.00. The summed E-state index contributed by atoms with van der Waals surface area (Å²) in [5.41, 5.74) is 7.48. The number of rotatable bonds is 5. The lowest BCUT2D eigenvalue weighted by Crippen LogP contribution is -1.98. The predicted octanol–water partition coefficient (Wildman–Crippen LogP) is 2.35. The average Bonchev–Trinajstić information content (AvgIpc) is 2.15. The molecule has 0 atom stereocenters. The molecule has 2 nitrogen and oxygen atoms in total. The highest BCUT2D eigenvalue weighted by Crippen LogP contribution is 2.09. The summed E-state index contributed by atoms with van der Waals surface area (Å²) in [5.74, 6) is 0.224. The summed E-state index contributed by atoms with van der Waals surface area (Å²) in [4.78, 5) is 11.2. The number of hydrogen-bond donors (Lipinski definition) is 1. The topological polar surface area (TPSA) is 43.1 Å². The van der Waals surface area contributed by atoms with Crippen LogP contribution in [0.2, 0.25) is 0 Å². The Balaban J connectivity index is 2.45. The first-order valence-electron chi connectivity index (χ1n) is 4.69. The molecule has 0 unspecified atom stereocenters. The number of nitrogens with two attached hydrogens (primary N) is 1. The average molecular weight is 189 g/mol. The van der Waals surface area contributed by atoms with Gasteiger partial charge in [-0.1, -0.05) is 18.2 Å². The van der Waals surface area contributed by atoms with Crippen molar-refractivity contribution >= 4 is 11.5 Å². The number of carbonyl (C=O) groups is 1. The number of Topliss-reactive ketones (excluding diaryl/α,β-unsaturated/α-hetero) is 1. The highest BCUT2D eigenvalue weighted by molar-refractivity contribution is 5.79. The normalized spacial score (nSPS) is 9.71. The van der Waals surface area contributed by atoms with Crippen LogP contribution in [0.25, 0.3) is 0 Å². The summed E-state index contributed by atoms with van der Waals surface area (Å²) in [6, 6.07) is 7.64. The molecular weight excluding hydrogens is 174 g/mol. The van der Waals surface area contributed by atoms with Gasteiger partial charge in [-0.15, -0.1) is 6.58 Å². The van der Waals surface area contributed by atoms with E-state index in [1.165, 1.54) is 0 Å². The number of ketones is 1. The van der Waals surface area contributed by atoms with Gasteiger partial charge in [-0.05, 0) is 24.1 Å². The molecular formula is C12H15NO. The summed E-state index contributed by atoms with van der Waals surface area (Å²) in [5, 5.41) is 0. The van der Waals surface area contributed by atoms with Gasteiger partial charge in [0.15, 0.2) is 0 Å². The smallest absolute Gasteiger partial charge is 0.136 e. The van der Waals surface area contributed by atoms with E-state index in [1.807, 2.05) is 24.3 Å². The van der Waals surface area contributed by atoms with Crippen molar-refractivity contribution in [2.24, 2.45) is 0 Å². The summed E-state index contributed by atoms with van der Waals surface area (Å²) in [7, 11) is 0. The summed E-state index contributed by atoms with van der Waals surface area (Å²) in [6.45, 7) is 3.53. The minimum absolute atomic E-state index is 0.224. The van der Waals surface area contributed by atoms with Crippen molar-refractivity contribution in [1.82, 2.24) is 0 Å². The number of anilines is 1. The van der Waals surface area contributed by atoms with Gasteiger partial charge in [0.05, 0.1) is 0 Å². The Morgan fingerprint density at radius 3 is 2.93 bits per heavy atom. The number of aryl methyl sites for hydroxylation is 1. The van der Waals surface area contributed by atoms with E-state index in [-0.39, 0.29) is 5.78 Å². The van der Waals surface area contributed by atoms with Crippen LogP contribution in [0.1, 0.15) is 18.4 Å². The Morgan fingerprint density at radius 1 is 1.50 bits per heavy atom. The maximum atomic E-state index is 11.2. The first-order valence-corrected chi connectivity index (χ1v) is 4.69. The fourth-order valence-electron chi connectivity index (χ4n) is 1.30. The number of benzene rings is 1. The molecule has 0 amide bonds. The van der Waals surface area contributed by atoms with Gasteiger partial charge >= 0.3 is 0 Å². The van der Waals surface area contributed by atoms with Crippen molar-refractivity contribution in [3.8, 4) is 0 Å². The fraction of sp³-hybridized carbons (Fsp3) is 0.250. The van der Waals surface area contributed by atoms with E-state index in [2.05, 4.69) is 6.58 Å². The molecule has 0 heterocycles. The van der Waals surface area contributed by atoms with Crippen LogP contribution in [0.5, 0.6) is 0 Å². The third-order valence-electron chi connectivity index (χ3n) is 2.02. The van der Waals surface area contributed by atoms with Crippen LogP contribution in [0, 0.1) is 0 Å². The van der Waals surface area contributed by atoms with E-state index in [9.17, 15) is 4.79 Å². The zero-order valence-corrected chi connectivity index (χ0v) is 8.20. The van der Waals surface area contributed by atoms with E-state index < -0.39 is 0 Å². The van der Waals surface area contributed by atoms with Crippen molar-refractivity contribution in [3.05, 3.63) is 42.5 Å². The lowest BCUT2D eigenvalue weighted by atomic mass is 10.1. The third kappa shape index (κ3) is 3.44. The van der Waals surface area contributed by atoms with Gasteiger partial charge in [-0.2, -0.15) is 0 Å². The maximum Gasteiger partial charge on any atom is 0.136 e. The van der Waals surface area contributed by atoms with Crippen molar-refractivity contribution in [2.45, 2.75) is 19.3 Å². The van der Waals surface area contributed by atoms with Gasteiger partial charge in [0.1, 0.15) is 5.78 Å². The number of allylic oxidation sites excluding steroid dienone is 1. The second kappa shape index (κ2) is 5.22. The van der Waals surface area contributed by atoms with Gasteiger partial charge < -0.3 is 5.73 Å². The summed E-state index contributed by atoms with van der Waals surface area (Å²) in [6.07, 6.45) is 3.43. The fourth-order valence-corrected chi connectivity index (χ4v) is 1.30. The monoisotopic (exact) mass is 189 g/mol. The predicted molar refractivity (Wildman–Crippen MR) is 59.0 cm³/mol. The van der Waals surface area contributed by atoms with Gasteiger partial charge in [0.2, 0.25) is 0 Å². The molecule has 0 aliphatic heterocycles. The minimum atomic E-state index is 0.224. The SMILES string of the molecule is C=CCC(=O)CCc1cccc(N)c1. The van der Waals surface area contributed by atoms with Crippen LogP contribution in [0.15, 0.2) is 36.9 Å². The Bertz CT molecular complexity index is 331. The summed E-state index contributed by atoms with van der Waals surface area (Å²) < 4.78 is 0. The second-order valence-electron chi connectivity index (χ2n) is 3.28. The van der Waals surface area contributed by atoms with E-state index in [0.29, 0.717) is 12.8 Å². The quantitative estimate of drug-likeness (QED) is 0.570. The van der Waals surface area contributed by atoms with E-state index >= 15 is 0 Å². The molecule has 0 radical (unpaired) electrons. The Hall–Kier alpha value is -1.57. The molecule has 0 fully saturated rings. The molecule has 0 saturated heterocycles. The molecule has 2 N–H and O–H groups in total. The molecule has 0 bridgehead atoms. The lowest BCUT2D eigenvalue weighted by Gasteiger charge is -2.00. The second-order valence-corrected chi connectivity index (χ2v) is 3.28.